The molecule has 1 fully saturated rings. The van der Waals surface area contributed by atoms with Crippen LogP contribution in [0.25, 0.3) is 16.6 Å². The van der Waals surface area contributed by atoms with Crippen LogP contribution in [0, 0.1) is 11.3 Å². The number of fused-ring (bicyclic) bond motifs is 1. The summed E-state index contributed by atoms with van der Waals surface area (Å²) in [6.07, 6.45) is 2.68. The van der Waals surface area contributed by atoms with Crippen LogP contribution in [0.5, 0.6) is 0 Å². The minimum Gasteiger partial charge on any atom is -0.507 e. The molecule has 1 aromatic heterocycles. The molecule has 0 radical (unpaired) electrons. The van der Waals surface area contributed by atoms with Crippen LogP contribution in [-0.4, -0.2) is 53.5 Å². The Morgan fingerprint density at radius 1 is 1.12 bits per heavy atom. The van der Waals surface area contributed by atoms with Crippen molar-refractivity contribution in [1.82, 2.24) is 14.3 Å². The fraction of sp³-hybridized carbons (Fsp3) is 0.261. The molecule has 9 nitrogen and oxygen atoms in total. The van der Waals surface area contributed by atoms with E-state index in [1.807, 2.05) is 12.1 Å². The molecule has 170 valence electrons. The van der Waals surface area contributed by atoms with Gasteiger partial charge < -0.3 is 14.8 Å². The van der Waals surface area contributed by atoms with Gasteiger partial charge in [0.1, 0.15) is 18.2 Å². The van der Waals surface area contributed by atoms with E-state index in [0.717, 1.165) is 19.3 Å². The van der Waals surface area contributed by atoms with Crippen LogP contribution in [0.3, 0.4) is 0 Å². The van der Waals surface area contributed by atoms with Crippen molar-refractivity contribution in [2.24, 2.45) is 0 Å². The van der Waals surface area contributed by atoms with Crippen LogP contribution in [0.2, 0.25) is 0 Å². The van der Waals surface area contributed by atoms with Gasteiger partial charge in [-0.05, 0) is 49.2 Å². The molecule has 2 aromatic carbocycles. The van der Waals surface area contributed by atoms with E-state index in [2.05, 4.69) is 9.97 Å². The number of ether oxygens (including phenoxy) is 1. The molecule has 1 aliphatic heterocycles. The molecule has 0 unspecified atom stereocenters. The van der Waals surface area contributed by atoms with Crippen molar-refractivity contribution in [3.8, 4) is 6.07 Å². The largest absolute Gasteiger partial charge is 0.507 e. The Balaban J connectivity index is 1.45. The van der Waals surface area contributed by atoms with E-state index in [0.29, 0.717) is 24.1 Å². The van der Waals surface area contributed by atoms with Crippen LogP contribution >= 0.6 is 0 Å². The van der Waals surface area contributed by atoms with E-state index in [9.17, 15) is 23.6 Å². The number of benzene rings is 2. The second kappa shape index (κ2) is 9.44. The Bertz CT molecular complexity index is 1310. The zero-order valence-corrected chi connectivity index (χ0v) is 18.5. The van der Waals surface area contributed by atoms with Gasteiger partial charge in [0.25, 0.3) is 0 Å². The molecule has 0 saturated carbocycles. The number of allylic oxidation sites excluding steroid dienone is 1. The lowest BCUT2D eigenvalue weighted by Crippen LogP contribution is -2.35. The number of nitriles is 1. The quantitative estimate of drug-likeness (QED) is 0.323. The van der Waals surface area contributed by atoms with Gasteiger partial charge in [-0.3, -0.25) is 0 Å². The number of aromatic amines is 1. The van der Waals surface area contributed by atoms with Gasteiger partial charge in [-0.15, -0.1) is 0 Å². The Labute approximate surface area is 191 Å². The number of nitrogens with one attached hydrogen (secondary N) is 1. The van der Waals surface area contributed by atoms with Crippen LogP contribution < -0.4 is 0 Å². The van der Waals surface area contributed by atoms with Gasteiger partial charge in [0.15, 0.2) is 11.6 Å². The predicted molar refractivity (Wildman–Crippen MR) is 121 cm³/mol. The van der Waals surface area contributed by atoms with Gasteiger partial charge in [0, 0.05) is 13.1 Å². The topological polar surface area (TPSA) is 136 Å². The number of piperidine rings is 1. The number of para-hydroxylation sites is 2. The summed E-state index contributed by atoms with van der Waals surface area (Å²) in [6.45, 7) is 0.445. The standard InChI is InChI=1S/C23H22N4O5S/c24-14-18(22-25-19-6-2-3-7-20(19)26-22)21(28)15-32-23(29)16-8-10-17(11-9-16)33(30,31)27-12-4-1-5-13-27/h2-3,6-11,28H,1,4-5,12-13,15H2,(H,25,26)/b21-18-. The molecule has 2 N–H and O–H groups in total. The van der Waals surface area contributed by atoms with E-state index in [-0.39, 0.29) is 21.9 Å². The Kier molecular flexibility index (Phi) is 6.44. The van der Waals surface area contributed by atoms with Crippen molar-refractivity contribution in [2.75, 3.05) is 19.7 Å². The lowest BCUT2D eigenvalue weighted by Gasteiger charge is -2.25. The number of nitrogens with zero attached hydrogens (tertiary/aromatic N) is 3. The molecule has 3 aromatic rings. The van der Waals surface area contributed by atoms with Crippen molar-refractivity contribution in [1.29, 1.82) is 5.26 Å². The lowest BCUT2D eigenvalue weighted by atomic mass is 10.2. The Morgan fingerprint density at radius 3 is 2.48 bits per heavy atom. The van der Waals surface area contributed by atoms with Crippen LogP contribution in [0.4, 0.5) is 0 Å². The fourth-order valence-electron chi connectivity index (χ4n) is 3.63. The number of sulfonamides is 1. The zero-order chi connectivity index (χ0) is 23.4. The minimum atomic E-state index is -3.60. The number of carbonyl (C=O) groups excluding carboxylic acids is 1. The Morgan fingerprint density at radius 2 is 1.82 bits per heavy atom. The molecule has 4 rings (SSSR count). The highest BCUT2D eigenvalue weighted by Gasteiger charge is 2.26. The van der Waals surface area contributed by atoms with Crippen molar-refractivity contribution in [2.45, 2.75) is 24.2 Å². The molecule has 0 amide bonds. The number of esters is 1. The molecule has 1 saturated heterocycles. The molecule has 2 heterocycles. The first-order chi connectivity index (χ1) is 15.9. The normalized spacial score (nSPS) is 15.6. The number of hydrogen-bond donors (Lipinski definition) is 2. The van der Waals surface area contributed by atoms with E-state index >= 15 is 0 Å². The summed E-state index contributed by atoms with van der Waals surface area (Å²) >= 11 is 0. The van der Waals surface area contributed by atoms with Gasteiger partial charge in [-0.2, -0.15) is 9.57 Å². The average Bonchev–Trinajstić information content (AvgIpc) is 3.27. The number of aromatic nitrogens is 2. The number of rotatable bonds is 6. The van der Waals surface area contributed by atoms with E-state index in [1.54, 1.807) is 18.2 Å². The van der Waals surface area contributed by atoms with Gasteiger partial charge in [-0.1, -0.05) is 18.6 Å². The maximum atomic E-state index is 12.7. The number of imidazole rings is 1. The summed E-state index contributed by atoms with van der Waals surface area (Å²) in [7, 11) is -3.60. The first kappa shape index (κ1) is 22.5. The number of carbonyl (C=O) groups is 1. The zero-order valence-electron chi connectivity index (χ0n) is 17.7. The maximum Gasteiger partial charge on any atom is 0.338 e. The summed E-state index contributed by atoms with van der Waals surface area (Å²) in [5.74, 6) is -1.04. The molecular formula is C23H22N4O5S. The summed E-state index contributed by atoms with van der Waals surface area (Å²) < 4.78 is 32.0. The maximum absolute atomic E-state index is 12.7. The molecular weight excluding hydrogens is 444 g/mol. The SMILES string of the molecule is N#C/C(=C(/O)COC(=O)c1ccc(S(=O)(=O)N2CCCCC2)cc1)c1nc2ccccc2[nH]1. The third-order valence-corrected chi connectivity index (χ3v) is 7.32. The van der Waals surface area contributed by atoms with E-state index < -0.39 is 28.4 Å². The number of H-pyrrole nitrogens is 1. The van der Waals surface area contributed by atoms with E-state index in [1.165, 1.54) is 28.6 Å². The molecule has 0 spiro atoms. The highest BCUT2D eigenvalue weighted by molar-refractivity contribution is 7.89. The fourth-order valence-corrected chi connectivity index (χ4v) is 5.15. The molecule has 1 aliphatic rings. The third kappa shape index (κ3) is 4.74. The van der Waals surface area contributed by atoms with Crippen molar-refractivity contribution < 1.29 is 23.1 Å². The number of hydrogen-bond acceptors (Lipinski definition) is 7. The van der Waals surface area contributed by atoms with Crippen LogP contribution in [-0.2, 0) is 14.8 Å². The molecule has 33 heavy (non-hydrogen) atoms. The third-order valence-electron chi connectivity index (χ3n) is 5.41. The highest BCUT2D eigenvalue weighted by Crippen LogP contribution is 2.22. The van der Waals surface area contributed by atoms with Gasteiger partial charge in [0.05, 0.1) is 21.5 Å². The van der Waals surface area contributed by atoms with E-state index in [4.69, 9.17) is 4.74 Å². The predicted octanol–water partition coefficient (Wildman–Crippen LogP) is 3.39. The first-order valence-electron chi connectivity index (χ1n) is 10.4. The van der Waals surface area contributed by atoms with Crippen LogP contribution in [0.15, 0.2) is 59.2 Å². The minimum absolute atomic E-state index is 0.111. The second-order valence-electron chi connectivity index (χ2n) is 7.60. The summed E-state index contributed by atoms with van der Waals surface area (Å²) in [5, 5.41) is 19.8. The second-order valence-corrected chi connectivity index (χ2v) is 9.54. The molecule has 0 atom stereocenters. The van der Waals surface area contributed by atoms with Crippen molar-refractivity contribution >= 4 is 32.6 Å². The van der Waals surface area contributed by atoms with Crippen LogP contribution in [0.1, 0.15) is 35.4 Å². The van der Waals surface area contributed by atoms with Crippen molar-refractivity contribution in [3.63, 3.8) is 0 Å². The lowest BCUT2D eigenvalue weighted by molar-refractivity contribution is 0.0502. The first-order valence-corrected chi connectivity index (χ1v) is 11.9. The number of aliphatic hydroxyl groups excluding tert-OH is 1. The highest BCUT2D eigenvalue weighted by atomic mass is 32.2. The molecule has 0 bridgehead atoms. The number of aliphatic hydroxyl groups is 1. The molecule has 0 aliphatic carbocycles. The monoisotopic (exact) mass is 466 g/mol. The smallest absolute Gasteiger partial charge is 0.338 e. The summed E-state index contributed by atoms with van der Waals surface area (Å²) in [6, 6.07) is 14.5. The summed E-state index contributed by atoms with van der Waals surface area (Å²) in [4.78, 5) is 19.7. The Hall–Kier alpha value is -3.68. The van der Waals surface area contributed by atoms with Gasteiger partial charge >= 0.3 is 5.97 Å². The summed E-state index contributed by atoms with van der Waals surface area (Å²) in [5.41, 5.74) is 1.32. The van der Waals surface area contributed by atoms with Crippen molar-refractivity contribution in [3.05, 3.63) is 65.7 Å². The van der Waals surface area contributed by atoms with Gasteiger partial charge in [0.2, 0.25) is 10.0 Å². The average molecular weight is 467 g/mol. The molecule has 10 heteroatoms. The van der Waals surface area contributed by atoms with Gasteiger partial charge in [-0.25, -0.2) is 18.2 Å².